The van der Waals surface area contributed by atoms with Crippen molar-refractivity contribution in [1.82, 2.24) is 4.90 Å². The van der Waals surface area contributed by atoms with E-state index in [9.17, 15) is 4.79 Å². The van der Waals surface area contributed by atoms with E-state index in [0.717, 1.165) is 11.1 Å². The molecule has 32 heavy (non-hydrogen) atoms. The lowest BCUT2D eigenvalue weighted by atomic mass is 10.1. The predicted octanol–water partition coefficient (Wildman–Crippen LogP) is 4.81. The summed E-state index contributed by atoms with van der Waals surface area (Å²) in [5, 5.41) is 0. The van der Waals surface area contributed by atoms with Gasteiger partial charge in [-0.2, -0.15) is 0 Å². The second-order valence-electron chi connectivity index (χ2n) is 6.61. The summed E-state index contributed by atoms with van der Waals surface area (Å²) in [6.45, 7) is 2.09. The largest absolute Gasteiger partial charge is 0.493 e. The SMILES string of the molecule is COc1cc(CN(Cc2cc(OC)c(OC)c(OC)c2Br)C(C)=O)c(Br)c(OC)c1OC. The first kappa shape index (κ1) is 25.9. The zero-order chi connectivity index (χ0) is 24.0. The van der Waals surface area contributed by atoms with Gasteiger partial charge >= 0.3 is 0 Å². The number of ether oxygens (including phenoxy) is 6. The van der Waals surface area contributed by atoms with E-state index in [1.807, 2.05) is 12.1 Å². The number of halogens is 2. The molecule has 0 N–H and O–H groups in total. The highest BCUT2D eigenvalue weighted by molar-refractivity contribution is 9.11. The van der Waals surface area contributed by atoms with Crippen LogP contribution in [0.25, 0.3) is 0 Å². The van der Waals surface area contributed by atoms with Gasteiger partial charge in [-0.3, -0.25) is 4.79 Å². The Kier molecular flexibility index (Phi) is 9.33. The summed E-state index contributed by atoms with van der Waals surface area (Å²) in [5.41, 5.74) is 1.58. The van der Waals surface area contributed by atoms with E-state index in [0.29, 0.717) is 43.4 Å². The quantitative estimate of drug-likeness (QED) is 0.402. The molecule has 0 aliphatic carbocycles. The van der Waals surface area contributed by atoms with Crippen molar-refractivity contribution in [1.29, 1.82) is 0 Å². The molecule has 0 heterocycles. The lowest BCUT2D eigenvalue weighted by Gasteiger charge is -2.25. The van der Waals surface area contributed by atoms with E-state index in [1.54, 1.807) is 33.3 Å². The van der Waals surface area contributed by atoms with E-state index < -0.39 is 0 Å². The van der Waals surface area contributed by atoms with Crippen molar-refractivity contribution < 1.29 is 33.2 Å². The van der Waals surface area contributed by atoms with Crippen molar-refractivity contribution in [3.63, 3.8) is 0 Å². The predicted molar refractivity (Wildman–Crippen MR) is 128 cm³/mol. The van der Waals surface area contributed by atoms with Gasteiger partial charge in [0.05, 0.1) is 51.6 Å². The number of methoxy groups -OCH3 is 6. The van der Waals surface area contributed by atoms with Crippen LogP contribution in [0.3, 0.4) is 0 Å². The highest BCUT2D eigenvalue weighted by Gasteiger charge is 2.24. The van der Waals surface area contributed by atoms with E-state index in [-0.39, 0.29) is 19.0 Å². The number of hydrogen-bond acceptors (Lipinski definition) is 7. The van der Waals surface area contributed by atoms with Crippen molar-refractivity contribution in [2.75, 3.05) is 42.7 Å². The van der Waals surface area contributed by atoms with Gasteiger partial charge in [-0.1, -0.05) is 0 Å². The average molecular weight is 577 g/mol. The summed E-state index contributed by atoms with van der Waals surface area (Å²) in [6.07, 6.45) is 0. The minimum absolute atomic E-state index is 0.119. The molecule has 0 saturated heterocycles. The number of nitrogens with zero attached hydrogens (tertiary/aromatic N) is 1. The van der Waals surface area contributed by atoms with Crippen molar-refractivity contribution in [3.05, 3.63) is 32.2 Å². The molecule has 176 valence electrons. The van der Waals surface area contributed by atoms with Crippen LogP contribution >= 0.6 is 31.9 Å². The number of benzene rings is 2. The lowest BCUT2D eigenvalue weighted by molar-refractivity contribution is -0.130. The molecular weight excluding hydrogens is 550 g/mol. The van der Waals surface area contributed by atoms with E-state index >= 15 is 0 Å². The molecule has 0 spiro atoms. The van der Waals surface area contributed by atoms with Crippen LogP contribution in [0, 0.1) is 0 Å². The Labute approximate surface area is 204 Å². The highest BCUT2D eigenvalue weighted by Crippen LogP contribution is 2.46. The molecule has 0 bridgehead atoms. The Bertz CT molecular complexity index is 910. The zero-order valence-corrected chi connectivity index (χ0v) is 22.3. The van der Waals surface area contributed by atoms with Crippen molar-refractivity contribution in [3.8, 4) is 34.5 Å². The number of amides is 1. The van der Waals surface area contributed by atoms with Crippen LogP contribution in [0.2, 0.25) is 0 Å². The highest BCUT2D eigenvalue weighted by atomic mass is 79.9. The van der Waals surface area contributed by atoms with Crippen molar-refractivity contribution >= 4 is 37.8 Å². The fourth-order valence-electron chi connectivity index (χ4n) is 3.26. The second kappa shape index (κ2) is 11.5. The standard InChI is InChI=1S/C22H27Br2NO7/c1-12(26)25(10-13-8-15(27-2)19(29-4)21(31-6)17(13)23)11-14-9-16(28-3)20(30-5)22(32-7)18(14)24/h8-9H,10-11H2,1-7H3. The van der Waals surface area contributed by atoms with Gasteiger partial charge in [-0.25, -0.2) is 0 Å². The Hall–Kier alpha value is -2.33. The first-order valence-electron chi connectivity index (χ1n) is 9.47. The molecule has 0 aromatic heterocycles. The molecule has 1 amide bonds. The van der Waals surface area contributed by atoms with Crippen molar-refractivity contribution in [2.24, 2.45) is 0 Å². The third-order valence-corrected chi connectivity index (χ3v) is 6.60. The summed E-state index contributed by atoms with van der Waals surface area (Å²) in [4.78, 5) is 14.2. The van der Waals surface area contributed by atoms with Crippen molar-refractivity contribution in [2.45, 2.75) is 20.0 Å². The second-order valence-corrected chi connectivity index (χ2v) is 8.20. The Balaban J connectivity index is 2.51. The van der Waals surface area contributed by atoms with Crippen LogP contribution in [0.4, 0.5) is 0 Å². The number of carbonyl (C=O) groups excluding carboxylic acids is 1. The molecule has 0 saturated carbocycles. The maximum Gasteiger partial charge on any atom is 0.220 e. The van der Waals surface area contributed by atoms with Gasteiger partial charge < -0.3 is 33.3 Å². The molecule has 2 aromatic carbocycles. The number of rotatable bonds is 10. The molecule has 0 fully saturated rings. The Morgan fingerprint density at radius 2 is 1.03 bits per heavy atom. The van der Waals surface area contributed by atoms with E-state index in [2.05, 4.69) is 31.9 Å². The molecule has 0 aliphatic heterocycles. The lowest BCUT2D eigenvalue weighted by Crippen LogP contribution is -2.28. The third kappa shape index (κ3) is 5.17. The molecular formula is C22H27Br2NO7. The zero-order valence-electron chi connectivity index (χ0n) is 19.1. The molecule has 10 heteroatoms. The first-order chi connectivity index (χ1) is 15.3. The van der Waals surface area contributed by atoms with Crippen LogP contribution in [-0.4, -0.2) is 53.5 Å². The molecule has 8 nitrogen and oxygen atoms in total. The summed E-state index contributed by atoms with van der Waals surface area (Å²) < 4.78 is 34.1. The molecule has 0 radical (unpaired) electrons. The summed E-state index contributed by atoms with van der Waals surface area (Å²) in [7, 11) is 9.26. The number of carbonyl (C=O) groups is 1. The molecule has 0 unspecified atom stereocenters. The van der Waals surface area contributed by atoms with Crippen LogP contribution in [0.1, 0.15) is 18.1 Å². The Morgan fingerprint density at radius 3 is 1.28 bits per heavy atom. The van der Waals surface area contributed by atoms with Gasteiger partial charge in [0.15, 0.2) is 23.0 Å². The molecule has 0 aliphatic rings. The van der Waals surface area contributed by atoms with Crippen LogP contribution in [0.5, 0.6) is 34.5 Å². The number of hydrogen-bond donors (Lipinski definition) is 0. The molecule has 2 aromatic rings. The van der Waals surface area contributed by atoms with Crippen LogP contribution in [-0.2, 0) is 17.9 Å². The maximum absolute atomic E-state index is 12.6. The minimum Gasteiger partial charge on any atom is -0.493 e. The molecule has 2 rings (SSSR count). The first-order valence-corrected chi connectivity index (χ1v) is 11.1. The molecule has 0 atom stereocenters. The van der Waals surface area contributed by atoms with Gasteiger partial charge in [-0.15, -0.1) is 0 Å². The summed E-state index contributed by atoms with van der Waals surface area (Å²) in [6, 6.07) is 3.62. The summed E-state index contributed by atoms with van der Waals surface area (Å²) in [5.74, 6) is 2.78. The Morgan fingerprint density at radius 1 is 0.688 bits per heavy atom. The van der Waals surface area contributed by atoms with E-state index in [4.69, 9.17) is 28.4 Å². The van der Waals surface area contributed by atoms with Crippen LogP contribution in [0.15, 0.2) is 21.1 Å². The van der Waals surface area contributed by atoms with Crippen LogP contribution < -0.4 is 28.4 Å². The smallest absolute Gasteiger partial charge is 0.220 e. The maximum atomic E-state index is 12.6. The normalized spacial score (nSPS) is 10.4. The van der Waals surface area contributed by atoms with E-state index in [1.165, 1.54) is 21.1 Å². The van der Waals surface area contributed by atoms with Gasteiger partial charge in [-0.05, 0) is 55.1 Å². The van der Waals surface area contributed by atoms with Gasteiger partial charge in [0.25, 0.3) is 0 Å². The fourth-order valence-corrected chi connectivity index (χ4v) is 4.43. The topological polar surface area (TPSA) is 75.7 Å². The van der Waals surface area contributed by atoms with Gasteiger partial charge in [0.1, 0.15) is 0 Å². The fraction of sp³-hybridized carbons (Fsp3) is 0.409. The third-order valence-electron chi connectivity index (χ3n) is 4.86. The van der Waals surface area contributed by atoms with Gasteiger partial charge in [0, 0.05) is 20.0 Å². The summed E-state index contributed by atoms with van der Waals surface area (Å²) >= 11 is 7.15. The minimum atomic E-state index is -0.119. The van der Waals surface area contributed by atoms with Gasteiger partial charge in [0.2, 0.25) is 17.4 Å². The average Bonchev–Trinajstić information content (AvgIpc) is 2.79. The monoisotopic (exact) mass is 575 g/mol.